The summed E-state index contributed by atoms with van der Waals surface area (Å²) in [6, 6.07) is 15.3. The first-order valence-electron chi connectivity index (χ1n) is 6.74. The molecule has 0 bridgehead atoms. The number of aliphatic hydroxyl groups is 1. The Morgan fingerprint density at radius 3 is 2.14 bits per heavy atom. The Morgan fingerprint density at radius 1 is 0.952 bits per heavy atom. The molecule has 0 aliphatic rings. The smallest absolute Gasteiger partial charge is 0.182 e. The molecule has 0 amide bonds. The van der Waals surface area contributed by atoms with Gasteiger partial charge >= 0.3 is 0 Å². The zero-order chi connectivity index (χ0) is 15.3. The summed E-state index contributed by atoms with van der Waals surface area (Å²) in [7, 11) is -3.38. The minimum Gasteiger partial charge on any atom is -0.395 e. The molecular weight excluding hydrogens is 286 g/mol. The van der Waals surface area contributed by atoms with E-state index in [0.717, 1.165) is 11.1 Å². The van der Waals surface area contributed by atoms with Crippen molar-refractivity contribution in [1.82, 2.24) is 0 Å². The van der Waals surface area contributed by atoms with Crippen molar-refractivity contribution < 1.29 is 13.5 Å². The van der Waals surface area contributed by atoms with Crippen molar-refractivity contribution in [3.8, 4) is 0 Å². The minimum atomic E-state index is -3.38. The van der Waals surface area contributed by atoms with Gasteiger partial charge in [-0.3, -0.25) is 0 Å². The van der Waals surface area contributed by atoms with Crippen LogP contribution >= 0.6 is 0 Å². The molecule has 0 aliphatic carbocycles. The molecule has 1 unspecified atom stereocenters. The quantitative estimate of drug-likeness (QED) is 0.848. The predicted molar refractivity (Wildman–Crippen MR) is 82.5 cm³/mol. The maximum absolute atomic E-state index is 12.4. The highest BCUT2D eigenvalue weighted by atomic mass is 32.2. The molecule has 0 aliphatic heterocycles. The van der Waals surface area contributed by atoms with Crippen LogP contribution in [-0.4, -0.2) is 26.2 Å². The van der Waals surface area contributed by atoms with E-state index < -0.39 is 9.84 Å². The van der Waals surface area contributed by atoms with Crippen LogP contribution in [0.25, 0.3) is 0 Å². The first-order valence-corrected chi connectivity index (χ1v) is 8.39. The molecule has 4 nitrogen and oxygen atoms in total. The van der Waals surface area contributed by atoms with Crippen LogP contribution in [0.5, 0.6) is 0 Å². The number of rotatable bonds is 6. The average Bonchev–Trinajstić information content (AvgIpc) is 2.50. The molecule has 0 saturated carbocycles. The molecule has 0 spiro atoms. The molecule has 0 fully saturated rings. The Labute approximate surface area is 125 Å². The third-order valence-corrected chi connectivity index (χ3v) is 4.96. The highest BCUT2D eigenvalue weighted by Crippen LogP contribution is 2.19. The van der Waals surface area contributed by atoms with E-state index in [1.807, 2.05) is 18.2 Å². The van der Waals surface area contributed by atoms with Crippen LogP contribution in [0.3, 0.4) is 0 Å². The Morgan fingerprint density at radius 2 is 1.52 bits per heavy atom. The topological polar surface area (TPSA) is 80.4 Å². The predicted octanol–water partition coefficient (Wildman–Crippen LogP) is 1.52. The Hall–Kier alpha value is -1.69. The van der Waals surface area contributed by atoms with Crippen LogP contribution in [-0.2, 0) is 22.0 Å². The van der Waals surface area contributed by atoms with E-state index >= 15 is 0 Å². The van der Waals surface area contributed by atoms with Crippen molar-refractivity contribution in [3.63, 3.8) is 0 Å². The summed E-state index contributed by atoms with van der Waals surface area (Å²) in [6.07, 6.45) is 0.455. The van der Waals surface area contributed by atoms with Crippen molar-refractivity contribution in [2.45, 2.75) is 23.1 Å². The van der Waals surface area contributed by atoms with Gasteiger partial charge in [0.1, 0.15) is 0 Å². The van der Waals surface area contributed by atoms with E-state index in [9.17, 15) is 8.42 Å². The third-order valence-electron chi connectivity index (χ3n) is 3.28. The molecule has 3 N–H and O–H groups in total. The second-order valence-electron chi connectivity index (χ2n) is 4.99. The van der Waals surface area contributed by atoms with Crippen molar-refractivity contribution in [3.05, 3.63) is 65.7 Å². The molecule has 1 atom stereocenters. The van der Waals surface area contributed by atoms with Crippen LogP contribution in [0.15, 0.2) is 59.5 Å². The largest absolute Gasteiger partial charge is 0.395 e. The molecule has 112 valence electrons. The summed E-state index contributed by atoms with van der Waals surface area (Å²) < 4.78 is 24.9. The number of benzene rings is 2. The van der Waals surface area contributed by atoms with Gasteiger partial charge in [-0.25, -0.2) is 8.42 Å². The maximum Gasteiger partial charge on any atom is 0.182 e. The van der Waals surface area contributed by atoms with Crippen molar-refractivity contribution in [1.29, 1.82) is 0 Å². The highest BCUT2D eigenvalue weighted by molar-refractivity contribution is 7.90. The van der Waals surface area contributed by atoms with Gasteiger partial charge in [0, 0.05) is 6.04 Å². The third kappa shape index (κ3) is 4.14. The Bertz CT molecular complexity index is 684. The van der Waals surface area contributed by atoms with Crippen LogP contribution in [0.2, 0.25) is 0 Å². The molecule has 5 heteroatoms. The Kier molecular flexibility index (Phi) is 5.12. The van der Waals surface area contributed by atoms with E-state index in [0.29, 0.717) is 11.3 Å². The zero-order valence-corrected chi connectivity index (χ0v) is 12.5. The van der Waals surface area contributed by atoms with Crippen LogP contribution in [0.1, 0.15) is 11.1 Å². The van der Waals surface area contributed by atoms with E-state index in [1.165, 1.54) is 0 Å². The SMILES string of the molecule is NC(CO)Cc1ccccc1CS(=O)(=O)c1ccccc1. The summed E-state index contributed by atoms with van der Waals surface area (Å²) in [5.41, 5.74) is 7.34. The molecular formula is C16H19NO3S. The van der Waals surface area contributed by atoms with Gasteiger partial charge in [-0.05, 0) is 29.7 Å². The normalized spacial score (nSPS) is 13.0. The van der Waals surface area contributed by atoms with Gasteiger partial charge < -0.3 is 10.8 Å². The molecule has 0 heterocycles. The van der Waals surface area contributed by atoms with Gasteiger partial charge in [-0.15, -0.1) is 0 Å². The molecule has 2 aromatic carbocycles. The van der Waals surface area contributed by atoms with E-state index in [-0.39, 0.29) is 18.4 Å². The van der Waals surface area contributed by atoms with Crippen LogP contribution < -0.4 is 5.73 Å². The number of aliphatic hydroxyl groups excluding tert-OH is 1. The van der Waals surface area contributed by atoms with Crippen molar-refractivity contribution in [2.75, 3.05) is 6.61 Å². The second-order valence-corrected chi connectivity index (χ2v) is 6.98. The van der Waals surface area contributed by atoms with Crippen LogP contribution in [0, 0.1) is 0 Å². The van der Waals surface area contributed by atoms with Gasteiger partial charge in [0.15, 0.2) is 9.84 Å². The molecule has 21 heavy (non-hydrogen) atoms. The van der Waals surface area contributed by atoms with Gasteiger partial charge in [0.25, 0.3) is 0 Å². The fourth-order valence-corrected chi connectivity index (χ4v) is 3.59. The summed E-state index contributed by atoms with van der Waals surface area (Å²) in [6.45, 7) is -0.125. The lowest BCUT2D eigenvalue weighted by atomic mass is 10.0. The molecule has 0 aromatic heterocycles. The summed E-state index contributed by atoms with van der Waals surface area (Å²) >= 11 is 0. The molecule has 0 saturated heterocycles. The van der Waals surface area contributed by atoms with Gasteiger partial charge in [-0.1, -0.05) is 42.5 Å². The van der Waals surface area contributed by atoms with Crippen molar-refractivity contribution in [2.24, 2.45) is 5.73 Å². The number of hydrogen-bond donors (Lipinski definition) is 2. The lowest BCUT2D eigenvalue weighted by Gasteiger charge is -2.13. The summed E-state index contributed by atoms with van der Waals surface area (Å²) in [4.78, 5) is 0.311. The standard InChI is InChI=1S/C16H19NO3S/c17-15(11-18)10-13-6-4-5-7-14(13)12-21(19,20)16-8-2-1-3-9-16/h1-9,15,18H,10-12,17H2. The highest BCUT2D eigenvalue weighted by Gasteiger charge is 2.17. The summed E-state index contributed by atoms with van der Waals surface area (Å²) in [5.74, 6) is -0.0642. The van der Waals surface area contributed by atoms with E-state index in [2.05, 4.69) is 0 Å². The number of hydrogen-bond acceptors (Lipinski definition) is 4. The maximum atomic E-state index is 12.4. The van der Waals surface area contributed by atoms with E-state index in [4.69, 9.17) is 10.8 Å². The second kappa shape index (κ2) is 6.85. The van der Waals surface area contributed by atoms with Crippen molar-refractivity contribution >= 4 is 9.84 Å². The fraction of sp³-hybridized carbons (Fsp3) is 0.250. The zero-order valence-electron chi connectivity index (χ0n) is 11.6. The lowest BCUT2D eigenvalue weighted by molar-refractivity contribution is 0.265. The summed E-state index contributed by atoms with van der Waals surface area (Å²) in [5, 5.41) is 9.05. The van der Waals surface area contributed by atoms with Gasteiger partial charge in [-0.2, -0.15) is 0 Å². The minimum absolute atomic E-state index is 0.0642. The van der Waals surface area contributed by atoms with Crippen LogP contribution in [0.4, 0.5) is 0 Å². The monoisotopic (exact) mass is 305 g/mol. The van der Waals surface area contributed by atoms with Gasteiger partial charge in [0.05, 0.1) is 17.3 Å². The first-order chi connectivity index (χ1) is 10.0. The fourth-order valence-electron chi connectivity index (χ4n) is 2.16. The molecule has 2 rings (SSSR count). The number of sulfone groups is 1. The molecule has 0 radical (unpaired) electrons. The van der Waals surface area contributed by atoms with E-state index in [1.54, 1.807) is 36.4 Å². The lowest BCUT2D eigenvalue weighted by Crippen LogP contribution is -2.27. The Balaban J connectivity index is 2.28. The average molecular weight is 305 g/mol. The van der Waals surface area contributed by atoms with Gasteiger partial charge in [0.2, 0.25) is 0 Å². The first kappa shape index (κ1) is 15.7. The molecule has 2 aromatic rings. The number of nitrogens with two attached hydrogens (primary N) is 1.